The molecule has 0 aliphatic heterocycles. The molecule has 1 N–H and O–H groups in total. The zero-order valence-electron chi connectivity index (χ0n) is 11.1. The van der Waals surface area contributed by atoms with E-state index in [-0.39, 0.29) is 0 Å². The maximum Gasteiger partial charge on any atom is 0.133 e. The van der Waals surface area contributed by atoms with Crippen LogP contribution in [0.2, 0.25) is 5.15 Å². The van der Waals surface area contributed by atoms with E-state index in [1.807, 2.05) is 6.92 Å². The number of aromatic nitrogens is 2. The SMILES string of the molecule is Cc1nn(C)c(Cl)c1C(O)C1=CCCCCCC1. The average Bonchev–Trinajstić information content (AvgIpc) is 2.52. The molecule has 0 aromatic carbocycles. The first-order valence-electron chi connectivity index (χ1n) is 6.67. The van der Waals surface area contributed by atoms with E-state index in [0.29, 0.717) is 5.15 Å². The second-order valence-electron chi connectivity index (χ2n) is 5.05. The summed E-state index contributed by atoms with van der Waals surface area (Å²) in [6, 6.07) is 0. The molecule has 1 unspecified atom stereocenters. The van der Waals surface area contributed by atoms with Gasteiger partial charge in [-0.2, -0.15) is 5.10 Å². The van der Waals surface area contributed by atoms with Gasteiger partial charge in [0.15, 0.2) is 0 Å². The van der Waals surface area contributed by atoms with E-state index in [1.165, 1.54) is 19.3 Å². The van der Waals surface area contributed by atoms with Gasteiger partial charge in [0.1, 0.15) is 11.3 Å². The maximum atomic E-state index is 10.5. The van der Waals surface area contributed by atoms with Gasteiger partial charge < -0.3 is 5.11 Å². The first-order chi connectivity index (χ1) is 8.61. The Morgan fingerprint density at radius 3 is 2.72 bits per heavy atom. The molecule has 1 aromatic heterocycles. The summed E-state index contributed by atoms with van der Waals surface area (Å²) in [7, 11) is 1.80. The minimum atomic E-state index is -0.593. The number of aliphatic hydroxyl groups excluding tert-OH is 1. The molecule has 0 saturated carbocycles. The van der Waals surface area contributed by atoms with Crippen LogP contribution >= 0.6 is 11.6 Å². The average molecular weight is 269 g/mol. The van der Waals surface area contributed by atoms with E-state index >= 15 is 0 Å². The Morgan fingerprint density at radius 1 is 1.33 bits per heavy atom. The Balaban J connectivity index is 2.26. The van der Waals surface area contributed by atoms with Gasteiger partial charge in [0.25, 0.3) is 0 Å². The predicted molar refractivity (Wildman–Crippen MR) is 73.7 cm³/mol. The van der Waals surface area contributed by atoms with Crippen molar-refractivity contribution in [2.75, 3.05) is 0 Å². The van der Waals surface area contributed by atoms with Crippen molar-refractivity contribution in [1.29, 1.82) is 0 Å². The Kier molecular flexibility index (Phi) is 4.46. The van der Waals surface area contributed by atoms with Crippen LogP contribution < -0.4 is 0 Å². The molecular weight excluding hydrogens is 248 g/mol. The largest absolute Gasteiger partial charge is 0.384 e. The van der Waals surface area contributed by atoms with Crippen LogP contribution in [0.1, 0.15) is 55.9 Å². The molecule has 1 heterocycles. The number of nitrogens with zero attached hydrogens (tertiary/aromatic N) is 2. The highest BCUT2D eigenvalue weighted by atomic mass is 35.5. The van der Waals surface area contributed by atoms with E-state index in [9.17, 15) is 5.11 Å². The molecule has 1 aromatic rings. The monoisotopic (exact) mass is 268 g/mol. The molecule has 1 aliphatic carbocycles. The summed E-state index contributed by atoms with van der Waals surface area (Å²) in [6.45, 7) is 1.90. The first kappa shape index (κ1) is 13.6. The summed E-state index contributed by atoms with van der Waals surface area (Å²) in [5.41, 5.74) is 2.69. The Labute approximate surface area is 113 Å². The van der Waals surface area contributed by atoms with E-state index in [2.05, 4.69) is 11.2 Å². The number of hydrogen-bond donors (Lipinski definition) is 1. The summed E-state index contributed by atoms with van der Waals surface area (Å²) >= 11 is 6.21. The van der Waals surface area contributed by atoms with Gasteiger partial charge in [0, 0.05) is 12.6 Å². The highest BCUT2D eigenvalue weighted by Gasteiger charge is 2.22. The minimum absolute atomic E-state index is 0.544. The quantitative estimate of drug-likeness (QED) is 0.831. The second kappa shape index (κ2) is 5.89. The van der Waals surface area contributed by atoms with Crippen LogP contribution in [-0.2, 0) is 7.05 Å². The molecule has 3 nitrogen and oxygen atoms in total. The predicted octanol–water partition coefficient (Wildman–Crippen LogP) is 3.70. The number of aliphatic hydroxyl groups is 1. The summed E-state index contributed by atoms with van der Waals surface area (Å²) < 4.78 is 1.62. The Bertz CT molecular complexity index is 451. The fraction of sp³-hybridized carbons (Fsp3) is 0.643. The fourth-order valence-electron chi connectivity index (χ4n) is 2.61. The van der Waals surface area contributed by atoms with Crippen molar-refractivity contribution in [3.63, 3.8) is 0 Å². The van der Waals surface area contributed by atoms with Crippen molar-refractivity contribution in [3.8, 4) is 0 Å². The van der Waals surface area contributed by atoms with Gasteiger partial charge in [-0.25, -0.2) is 0 Å². The van der Waals surface area contributed by atoms with Crippen molar-refractivity contribution < 1.29 is 5.11 Å². The molecule has 4 heteroatoms. The molecule has 0 amide bonds. The molecule has 0 saturated heterocycles. The van der Waals surface area contributed by atoms with Gasteiger partial charge in [0.05, 0.1) is 5.69 Å². The van der Waals surface area contributed by atoms with Crippen molar-refractivity contribution in [1.82, 2.24) is 9.78 Å². The van der Waals surface area contributed by atoms with Gasteiger partial charge >= 0.3 is 0 Å². The zero-order chi connectivity index (χ0) is 13.1. The third-order valence-corrected chi connectivity index (χ3v) is 4.10. The molecule has 18 heavy (non-hydrogen) atoms. The Morgan fingerprint density at radius 2 is 2.06 bits per heavy atom. The molecule has 100 valence electrons. The van der Waals surface area contributed by atoms with Gasteiger partial charge in [-0.05, 0) is 38.2 Å². The van der Waals surface area contributed by atoms with Crippen molar-refractivity contribution in [3.05, 3.63) is 28.1 Å². The standard InChI is InChI=1S/C14H21ClN2O/c1-10-12(14(15)17(2)16-10)13(18)11-8-6-4-3-5-7-9-11/h8,13,18H,3-7,9H2,1-2H3. The van der Waals surface area contributed by atoms with E-state index in [0.717, 1.165) is 36.1 Å². The summed E-state index contributed by atoms with van der Waals surface area (Å²) in [5.74, 6) is 0. The lowest BCUT2D eigenvalue weighted by molar-refractivity contribution is 0.208. The van der Waals surface area contributed by atoms with Gasteiger partial charge in [0.2, 0.25) is 0 Å². The summed E-state index contributed by atoms with van der Waals surface area (Å²) in [6.07, 6.45) is 8.54. The molecule has 0 fully saturated rings. The summed E-state index contributed by atoms with van der Waals surface area (Å²) in [5, 5.41) is 15.3. The smallest absolute Gasteiger partial charge is 0.133 e. The van der Waals surface area contributed by atoms with Crippen molar-refractivity contribution in [2.24, 2.45) is 7.05 Å². The Hall–Kier alpha value is -0.800. The lowest BCUT2D eigenvalue weighted by atomic mass is 9.93. The van der Waals surface area contributed by atoms with Crippen LogP contribution in [0.25, 0.3) is 0 Å². The van der Waals surface area contributed by atoms with Gasteiger partial charge in [-0.3, -0.25) is 4.68 Å². The molecule has 0 bridgehead atoms. The lowest BCUT2D eigenvalue weighted by Crippen LogP contribution is -2.05. The topological polar surface area (TPSA) is 38.0 Å². The van der Waals surface area contributed by atoms with Crippen molar-refractivity contribution >= 4 is 11.6 Å². The molecule has 0 spiro atoms. The highest BCUT2D eigenvalue weighted by Crippen LogP contribution is 2.34. The highest BCUT2D eigenvalue weighted by molar-refractivity contribution is 6.30. The van der Waals surface area contributed by atoms with Crippen LogP contribution in [0.3, 0.4) is 0 Å². The number of hydrogen-bond acceptors (Lipinski definition) is 2. The van der Waals surface area contributed by atoms with Crippen LogP contribution in [0.15, 0.2) is 11.6 Å². The first-order valence-corrected chi connectivity index (χ1v) is 7.05. The van der Waals surface area contributed by atoms with E-state index in [4.69, 9.17) is 11.6 Å². The van der Waals surface area contributed by atoms with Crippen LogP contribution in [0, 0.1) is 6.92 Å². The van der Waals surface area contributed by atoms with Crippen molar-refractivity contribution in [2.45, 2.75) is 51.6 Å². The number of aryl methyl sites for hydroxylation is 2. The fourth-order valence-corrected chi connectivity index (χ4v) is 2.89. The van der Waals surface area contributed by atoms with Crippen LogP contribution in [-0.4, -0.2) is 14.9 Å². The lowest BCUT2D eigenvalue weighted by Gasteiger charge is -2.17. The van der Waals surface area contributed by atoms with Gasteiger partial charge in [-0.1, -0.05) is 30.5 Å². The van der Waals surface area contributed by atoms with Crippen LogP contribution in [0.5, 0.6) is 0 Å². The van der Waals surface area contributed by atoms with Crippen LogP contribution in [0.4, 0.5) is 0 Å². The molecule has 1 aliphatic rings. The molecule has 0 radical (unpaired) electrons. The zero-order valence-corrected chi connectivity index (χ0v) is 11.9. The maximum absolute atomic E-state index is 10.5. The minimum Gasteiger partial charge on any atom is -0.384 e. The third-order valence-electron chi connectivity index (χ3n) is 3.65. The third kappa shape index (κ3) is 2.78. The van der Waals surface area contributed by atoms with E-state index in [1.54, 1.807) is 11.7 Å². The number of rotatable bonds is 2. The molecular formula is C14H21ClN2O. The normalized spacial score (nSPS) is 19.0. The van der Waals surface area contributed by atoms with Gasteiger partial charge in [-0.15, -0.1) is 0 Å². The second-order valence-corrected chi connectivity index (χ2v) is 5.41. The number of halogens is 1. The molecule has 1 atom stereocenters. The van der Waals surface area contributed by atoms with E-state index < -0.39 is 6.10 Å². The summed E-state index contributed by atoms with van der Waals surface area (Å²) in [4.78, 5) is 0. The molecule has 2 rings (SSSR count). The number of allylic oxidation sites excluding steroid dienone is 1.